The van der Waals surface area contributed by atoms with E-state index in [4.69, 9.17) is 40.1 Å². The summed E-state index contributed by atoms with van der Waals surface area (Å²) >= 11 is 6.02. The van der Waals surface area contributed by atoms with Gasteiger partial charge in [-0.15, -0.1) is 0 Å². The summed E-state index contributed by atoms with van der Waals surface area (Å²) in [7, 11) is 0. The third kappa shape index (κ3) is 4.05. The van der Waals surface area contributed by atoms with Gasteiger partial charge in [-0.05, 0) is 63.0 Å². The van der Waals surface area contributed by atoms with Gasteiger partial charge in [0.25, 0.3) is 0 Å². The minimum Gasteiger partial charge on any atom is -0.364 e. The van der Waals surface area contributed by atoms with Crippen LogP contribution in [0.5, 0.6) is 0 Å². The number of nitrogens with zero attached hydrogens (tertiary/aromatic N) is 1. The number of benzene rings is 1. The van der Waals surface area contributed by atoms with Crippen LogP contribution in [0, 0.1) is 23.7 Å². The van der Waals surface area contributed by atoms with Gasteiger partial charge in [0, 0.05) is 34.4 Å². The minimum atomic E-state index is -0.769. The van der Waals surface area contributed by atoms with Crippen molar-refractivity contribution in [3.05, 3.63) is 41.1 Å². The fourth-order valence-corrected chi connectivity index (χ4v) is 6.93. The number of hydrogen-bond acceptors (Lipinski definition) is 7. The van der Waals surface area contributed by atoms with Gasteiger partial charge in [-0.2, -0.15) is 0 Å². The second kappa shape index (κ2) is 9.12. The predicted molar refractivity (Wildman–Crippen MR) is 128 cm³/mol. The molecule has 190 valence electrons. The highest BCUT2D eigenvalue weighted by Gasteiger charge is 2.69. The van der Waals surface area contributed by atoms with Gasteiger partial charge in [0.2, 0.25) is 5.79 Å². The van der Waals surface area contributed by atoms with Gasteiger partial charge < -0.3 is 18.7 Å². The van der Waals surface area contributed by atoms with Crippen molar-refractivity contribution in [2.24, 2.45) is 23.7 Å². The van der Waals surface area contributed by atoms with E-state index in [9.17, 15) is 0 Å². The molecule has 8 atom stereocenters. The smallest absolute Gasteiger partial charge is 0.201 e. The van der Waals surface area contributed by atoms with Crippen LogP contribution in [0.15, 0.2) is 35.1 Å². The van der Waals surface area contributed by atoms with Crippen molar-refractivity contribution in [3.63, 3.8) is 0 Å². The van der Waals surface area contributed by atoms with E-state index in [1.54, 1.807) is 6.26 Å². The molecule has 1 aliphatic carbocycles. The van der Waals surface area contributed by atoms with E-state index in [0.29, 0.717) is 23.5 Å². The van der Waals surface area contributed by atoms with E-state index in [1.807, 2.05) is 31.2 Å². The first-order chi connectivity index (χ1) is 16.9. The Labute approximate surface area is 211 Å². The Morgan fingerprint density at radius 1 is 1.09 bits per heavy atom. The molecule has 35 heavy (non-hydrogen) atoms. The Kier molecular flexibility index (Phi) is 6.23. The van der Waals surface area contributed by atoms with Crippen molar-refractivity contribution in [3.8, 4) is 11.3 Å². The Morgan fingerprint density at radius 2 is 1.91 bits per heavy atom. The van der Waals surface area contributed by atoms with E-state index in [-0.39, 0.29) is 18.1 Å². The normalized spacial score (nSPS) is 40.3. The zero-order valence-electron chi connectivity index (χ0n) is 20.6. The third-order valence-electron chi connectivity index (χ3n) is 8.73. The first-order valence-corrected chi connectivity index (χ1v) is 13.3. The molecule has 1 aromatic carbocycles. The number of aryl methyl sites for hydroxylation is 1. The monoisotopic (exact) mass is 503 g/mol. The first-order valence-electron chi connectivity index (χ1n) is 12.9. The van der Waals surface area contributed by atoms with Crippen LogP contribution in [0.2, 0.25) is 5.02 Å². The zero-order chi connectivity index (χ0) is 24.2. The number of ether oxygens (including phenoxy) is 3. The van der Waals surface area contributed by atoms with Crippen LogP contribution in [0.4, 0.5) is 0 Å². The second-order valence-corrected chi connectivity index (χ2v) is 11.4. The Bertz CT molecular complexity index is 1040. The van der Waals surface area contributed by atoms with Crippen LogP contribution in [0.25, 0.3) is 11.3 Å². The number of halogens is 1. The third-order valence-corrected chi connectivity index (χ3v) is 8.98. The maximum Gasteiger partial charge on any atom is 0.201 e. The lowest BCUT2D eigenvalue weighted by molar-refractivity contribution is -0.577. The van der Waals surface area contributed by atoms with E-state index >= 15 is 0 Å². The number of aromatic nitrogens is 1. The molecule has 2 aromatic rings. The van der Waals surface area contributed by atoms with Crippen molar-refractivity contribution < 1.29 is 28.5 Å². The molecule has 1 aromatic heterocycles. The van der Waals surface area contributed by atoms with Crippen molar-refractivity contribution in [2.75, 3.05) is 6.61 Å². The fourth-order valence-electron chi connectivity index (χ4n) is 6.81. The maximum atomic E-state index is 6.51. The lowest BCUT2D eigenvalue weighted by Crippen LogP contribution is -2.70. The quantitative estimate of drug-likeness (QED) is 0.345. The van der Waals surface area contributed by atoms with Crippen LogP contribution in [0.1, 0.15) is 58.4 Å². The van der Waals surface area contributed by atoms with Crippen molar-refractivity contribution in [2.45, 2.75) is 83.3 Å². The van der Waals surface area contributed by atoms with Crippen LogP contribution >= 0.6 is 11.6 Å². The highest BCUT2D eigenvalue weighted by Crippen LogP contribution is 2.60. The summed E-state index contributed by atoms with van der Waals surface area (Å²) in [6, 6.07) is 7.64. The molecule has 4 saturated heterocycles. The number of fused-ring (bicyclic) bond motifs is 2. The maximum absolute atomic E-state index is 6.51. The first kappa shape index (κ1) is 23.9. The Hall–Kier alpha value is -1.48. The average Bonchev–Trinajstić information content (AvgIpc) is 3.19. The molecule has 1 saturated carbocycles. The molecule has 0 radical (unpaired) electrons. The molecule has 0 N–H and O–H groups in total. The van der Waals surface area contributed by atoms with Gasteiger partial charge in [-0.25, -0.2) is 9.78 Å². The molecule has 1 spiro atoms. The summed E-state index contributed by atoms with van der Waals surface area (Å²) < 4.78 is 24.5. The highest BCUT2D eigenvalue weighted by molar-refractivity contribution is 6.30. The second-order valence-electron chi connectivity index (χ2n) is 10.9. The van der Waals surface area contributed by atoms with Crippen molar-refractivity contribution in [1.29, 1.82) is 0 Å². The zero-order valence-corrected chi connectivity index (χ0v) is 21.3. The van der Waals surface area contributed by atoms with Crippen LogP contribution in [-0.4, -0.2) is 35.7 Å². The summed E-state index contributed by atoms with van der Waals surface area (Å²) in [4.78, 5) is 12.1. The Morgan fingerprint density at radius 3 is 2.74 bits per heavy atom. The summed E-state index contributed by atoms with van der Waals surface area (Å²) in [5.74, 6) is 0.586. The molecule has 7 rings (SSSR count). The SMILES string of the molecule is C[C@H]1[C@H](OCCCc2conc2-c2ccc(Cl)cc2)O[C@@H]2O[C@@]3(C)CC[C@H]4[C@H](C)CC[C@@H]1[C@@]24OO3. The average molecular weight is 504 g/mol. The van der Waals surface area contributed by atoms with E-state index in [2.05, 4.69) is 19.0 Å². The topological polar surface area (TPSA) is 72.2 Å². The predicted octanol–water partition coefficient (Wildman–Crippen LogP) is 6.15. The summed E-state index contributed by atoms with van der Waals surface area (Å²) in [6.07, 6.45) is 6.61. The van der Waals surface area contributed by atoms with Crippen LogP contribution < -0.4 is 0 Å². The van der Waals surface area contributed by atoms with Gasteiger partial charge in [0.1, 0.15) is 12.0 Å². The molecule has 2 bridgehead atoms. The van der Waals surface area contributed by atoms with E-state index < -0.39 is 17.7 Å². The highest BCUT2D eigenvalue weighted by atomic mass is 35.5. The molecule has 7 nitrogen and oxygen atoms in total. The van der Waals surface area contributed by atoms with E-state index in [1.165, 1.54) is 6.42 Å². The lowest BCUT2D eigenvalue weighted by Gasteiger charge is -2.60. The number of hydrogen-bond donors (Lipinski definition) is 0. The lowest BCUT2D eigenvalue weighted by atomic mass is 9.58. The molecule has 0 amide bonds. The molecule has 8 heteroatoms. The summed E-state index contributed by atoms with van der Waals surface area (Å²) in [5, 5.41) is 4.89. The molecule has 5 aliphatic rings. The van der Waals surface area contributed by atoms with Crippen LogP contribution in [-0.2, 0) is 30.4 Å². The van der Waals surface area contributed by atoms with Gasteiger partial charge in [0.05, 0.1) is 6.61 Å². The molecule has 5 fully saturated rings. The molecular weight excluding hydrogens is 470 g/mol. The number of rotatable bonds is 6. The standard InChI is InChI=1S/C27H34ClNO6/c1-16-6-11-22-17(2)24(32-25-27(22)21(16)12-13-26(3,33-25)34-35-27)30-14-4-5-19-15-31-29-23(19)18-7-9-20(28)10-8-18/h7-10,15-17,21-22,24-25H,4-6,11-14H2,1-3H3/t16-,17-,21+,22+,24-,25-,26-,27-/m1/s1. The molecule has 0 unspecified atom stereocenters. The molecule has 5 heterocycles. The minimum absolute atomic E-state index is 0.177. The van der Waals surface area contributed by atoms with Crippen molar-refractivity contribution in [1.82, 2.24) is 5.16 Å². The van der Waals surface area contributed by atoms with E-state index in [0.717, 1.165) is 48.9 Å². The fraction of sp³-hybridized carbons (Fsp3) is 0.667. The molecule has 4 aliphatic heterocycles. The largest absolute Gasteiger partial charge is 0.364 e. The molecular formula is C27H34ClNO6. The van der Waals surface area contributed by atoms with Crippen LogP contribution in [0.3, 0.4) is 0 Å². The van der Waals surface area contributed by atoms with Gasteiger partial charge in [0.15, 0.2) is 18.2 Å². The van der Waals surface area contributed by atoms with Gasteiger partial charge >= 0.3 is 0 Å². The Balaban J connectivity index is 1.12. The summed E-state index contributed by atoms with van der Waals surface area (Å²) in [5.41, 5.74) is 2.34. The van der Waals surface area contributed by atoms with Crippen molar-refractivity contribution >= 4 is 11.6 Å². The van der Waals surface area contributed by atoms with Gasteiger partial charge in [-0.1, -0.05) is 42.7 Å². The summed E-state index contributed by atoms with van der Waals surface area (Å²) in [6.45, 7) is 7.06. The van der Waals surface area contributed by atoms with Gasteiger partial charge in [-0.3, -0.25) is 0 Å².